The van der Waals surface area contributed by atoms with Crippen LogP contribution in [-0.2, 0) is 13.1 Å². The average Bonchev–Trinajstić information content (AvgIpc) is 2.96. The van der Waals surface area contributed by atoms with E-state index in [1.54, 1.807) is 41.7 Å². The van der Waals surface area contributed by atoms with Gasteiger partial charge in [0.2, 0.25) is 0 Å². The smallest absolute Gasteiger partial charge is 0.410 e. The summed E-state index contributed by atoms with van der Waals surface area (Å²) in [5.74, 6) is 0.276. The van der Waals surface area contributed by atoms with Gasteiger partial charge in [0.25, 0.3) is 5.91 Å². The number of hydrogen-bond acceptors (Lipinski definition) is 7. The molecule has 38 heavy (non-hydrogen) atoms. The van der Waals surface area contributed by atoms with Crippen molar-refractivity contribution in [1.82, 2.24) is 24.7 Å². The van der Waals surface area contributed by atoms with E-state index >= 15 is 0 Å². The molecule has 9 heteroatoms. The molecule has 2 amide bonds. The summed E-state index contributed by atoms with van der Waals surface area (Å²) in [5.41, 5.74) is 3.45. The van der Waals surface area contributed by atoms with Crippen LogP contribution in [0.1, 0.15) is 40.9 Å². The number of ether oxygens (including phenoxy) is 1. The normalized spacial score (nSPS) is 16.7. The summed E-state index contributed by atoms with van der Waals surface area (Å²) in [5, 5.41) is 2.91. The molecule has 3 heterocycles. The van der Waals surface area contributed by atoms with Crippen molar-refractivity contribution in [3.05, 3.63) is 83.9 Å². The lowest BCUT2D eigenvalue weighted by Crippen LogP contribution is -2.49. The molecule has 2 aliphatic rings. The van der Waals surface area contributed by atoms with Gasteiger partial charge in [-0.15, -0.1) is 0 Å². The van der Waals surface area contributed by atoms with E-state index in [1.165, 1.54) is 24.8 Å². The standard InChI is InChI=1S/C29H34N6O3/c36-28(24-6-4-23(5-7-24)20-33-14-2-1-3-15-33)32-25-8-10-27(11-9-25)38-29(37)35-18-16-34(17-19-35)21-26-12-13-30-22-31-26/h4-13,22H,1-3,14-21H2,(H,32,36). The van der Waals surface area contributed by atoms with Crippen molar-refractivity contribution in [3.63, 3.8) is 0 Å². The topological polar surface area (TPSA) is 90.9 Å². The minimum Gasteiger partial charge on any atom is -0.410 e. The Hall–Kier alpha value is -3.82. The van der Waals surface area contributed by atoms with Crippen LogP contribution in [0.15, 0.2) is 67.1 Å². The van der Waals surface area contributed by atoms with Crippen LogP contribution in [0.5, 0.6) is 5.75 Å². The third kappa shape index (κ3) is 7.14. The number of amides is 2. The van der Waals surface area contributed by atoms with Gasteiger partial charge in [-0.1, -0.05) is 18.6 Å². The first kappa shape index (κ1) is 25.8. The van der Waals surface area contributed by atoms with E-state index in [2.05, 4.69) is 25.1 Å². The highest BCUT2D eigenvalue weighted by Crippen LogP contribution is 2.19. The minimum absolute atomic E-state index is 0.167. The number of rotatable bonds is 7. The second-order valence-corrected chi connectivity index (χ2v) is 9.84. The summed E-state index contributed by atoms with van der Waals surface area (Å²) in [6, 6.07) is 16.6. The van der Waals surface area contributed by atoms with Gasteiger partial charge >= 0.3 is 6.09 Å². The average molecular weight is 515 g/mol. The van der Waals surface area contributed by atoms with E-state index in [0.717, 1.165) is 45.0 Å². The Morgan fingerprint density at radius 3 is 2.18 bits per heavy atom. The highest BCUT2D eigenvalue weighted by molar-refractivity contribution is 6.04. The number of benzene rings is 2. The van der Waals surface area contributed by atoms with Crippen LogP contribution >= 0.6 is 0 Å². The summed E-state index contributed by atoms with van der Waals surface area (Å²) in [6.07, 6.45) is 6.77. The number of carbonyl (C=O) groups excluding carboxylic acids is 2. The van der Waals surface area contributed by atoms with Crippen molar-refractivity contribution in [3.8, 4) is 5.75 Å². The zero-order chi connectivity index (χ0) is 26.2. The first-order valence-corrected chi connectivity index (χ1v) is 13.3. The third-order valence-corrected chi connectivity index (χ3v) is 7.05. The minimum atomic E-state index is -0.367. The van der Waals surface area contributed by atoms with Crippen LogP contribution in [0.25, 0.3) is 0 Å². The van der Waals surface area contributed by atoms with E-state index in [4.69, 9.17) is 4.74 Å². The van der Waals surface area contributed by atoms with Crippen LogP contribution < -0.4 is 10.1 Å². The number of nitrogens with one attached hydrogen (secondary N) is 1. The van der Waals surface area contributed by atoms with Crippen LogP contribution in [0.3, 0.4) is 0 Å². The van der Waals surface area contributed by atoms with Gasteiger partial charge in [-0.25, -0.2) is 14.8 Å². The van der Waals surface area contributed by atoms with Crippen molar-refractivity contribution in [2.24, 2.45) is 0 Å². The number of carbonyl (C=O) groups is 2. The SMILES string of the molecule is O=C(Nc1ccc(OC(=O)N2CCN(Cc3ccncn3)CC2)cc1)c1ccc(CN2CCCCC2)cc1. The fraction of sp³-hybridized carbons (Fsp3) is 0.379. The highest BCUT2D eigenvalue weighted by atomic mass is 16.6. The van der Waals surface area contributed by atoms with Crippen molar-refractivity contribution in [2.45, 2.75) is 32.4 Å². The molecule has 1 N–H and O–H groups in total. The van der Waals surface area contributed by atoms with Gasteiger partial charge in [0.05, 0.1) is 5.69 Å². The second-order valence-electron chi connectivity index (χ2n) is 9.84. The van der Waals surface area contributed by atoms with Gasteiger partial charge < -0.3 is 15.0 Å². The summed E-state index contributed by atoms with van der Waals surface area (Å²) < 4.78 is 5.56. The Morgan fingerprint density at radius 1 is 0.789 bits per heavy atom. The van der Waals surface area contributed by atoms with Gasteiger partial charge in [-0.2, -0.15) is 0 Å². The van der Waals surface area contributed by atoms with E-state index in [9.17, 15) is 9.59 Å². The summed E-state index contributed by atoms with van der Waals surface area (Å²) in [6.45, 7) is 6.66. The molecule has 2 aromatic carbocycles. The molecule has 5 rings (SSSR count). The molecule has 9 nitrogen and oxygen atoms in total. The first-order valence-electron chi connectivity index (χ1n) is 13.3. The van der Waals surface area contributed by atoms with Crippen LogP contribution in [-0.4, -0.2) is 75.9 Å². The Labute approximate surface area is 223 Å². The number of piperazine rings is 1. The Kier molecular flexibility index (Phi) is 8.57. The second kappa shape index (κ2) is 12.6. The maximum atomic E-state index is 12.7. The Balaban J connectivity index is 1.06. The van der Waals surface area contributed by atoms with Crippen molar-refractivity contribution in [1.29, 1.82) is 0 Å². The third-order valence-electron chi connectivity index (χ3n) is 7.05. The number of piperidine rings is 1. The number of anilines is 1. The highest BCUT2D eigenvalue weighted by Gasteiger charge is 2.23. The number of nitrogens with zero attached hydrogens (tertiary/aromatic N) is 5. The first-order chi connectivity index (χ1) is 18.6. The predicted octanol–water partition coefficient (Wildman–Crippen LogP) is 4.03. The summed E-state index contributed by atoms with van der Waals surface area (Å²) in [4.78, 5) is 40.0. The maximum absolute atomic E-state index is 12.7. The van der Waals surface area contributed by atoms with Gasteiger partial charge in [-0.05, 0) is 74.0 Å². The molecule has 0 radical (unpaired) electrons. The van der Waals surface area contributed by atoms with Crippen LogP contribution in [0, 0.1) is 0 Å². The van der Waals surface area contributed by atoms with E-state index in [0.29, 0.717) is 30.1 Å². The fourth-order valence-electron chi connectivity index (χ4n) is 4.84. The van der Waals surface area contributed by atoms with Crippen molar-refractivity contribution < 1.29 is 14.3 Å². The van der Waals surface area contributed by atoms with Crippen molar-refractivity contribution in [2.75, 3.05) is 44.6 Å². The molecule has 0 saturated carbocycles. The van der Waals surface area contributed by atoms with E-state index < -0.39 is 0 Å². The molecule has 0 bridgehead atoms. The molecule has 2 saturated heterocycles. The van der Waals surface area contributed by atoms with Gasteiger partial charge in [-0.3, -0.25) is 14.6 Å². The van der Waals surface area contributed by atoms with Gasteiger partial charge in [0.1, 0.15) is 12.1 Å². The molecule has 198 valence electrons. The molecule has 0 unspecified atom stereocenters. The van der Waals surface area contributed by atoms with E-state index in [1.807, 2.05) is 30.3 Å². The summed E-state index contributed by atoms with van der Waals surface area (Å²) >= 11 is 0. The fourth-order valence-corrected chi connectivity index (χ4v) is 4.84. The molecular formula is C29H34N6O3. The molecule has 2 aliphatic heterocycles. The van der Waals surface area contributed by atoms with Crippen LogP contribution in [0.2, 0.25) is 0 Å². The lowest BCUT2D eigenvalue weighted by molar-refractivity contribution is 0.102. The molecule has 1 aromatic heterocycles. The van der Waals surface area contributed by atoms with E-state index in [-0.39, 0.29) is 12.0 Å². The largest absolute Gasteiger partial charge is 0.415 e. The molecule has 0 atom stereocenters. The molecule has 2 fully saturated rings. The predicted molar refractivity (Wildman–Crippen MR) is 145 cm³/mol. The summed E-state index contributed by atoms with van der Waals surface area (Å²) in [7, 11) is 0. The lowest BCUT2D eigenvalue weighted by Gasteiger charge is -2.33. The Bertz CT molecular complexity index is 1190. The number of hydrogen-bond donors (Lipinski definition) is 1. The maximum Gasteiger partial charge on any atom is 0.415 e. The number of aromatic nitrogens is 2. The van der Waals surface area contributed by atoms with Gasteiger partial charge in [0, 0.05) is 56.7 Å². The monoisotopic (exact) mass is 514 g/mol. The molecule has 3 aromatic rings. The zero-order valence-electron chi connectivity index (χ0n) is 21.6. The molecular weight excluding hydrogens is 480 g/mol. The quantitative estimate of drug-likeness (QED) is 0.509. The molecule has 0 aliphatic carbocycles. The molecule has 0 spiro atoms. The lowest BCUT2D eigenvalue weighted by atomic mass is 10.1. The zero-order valence-corrected chi connectivity index (χ0v) is 21.6. The van der Waals surface area contributed by atoms with Crippen LogP contribution in [0.4, 0.5) is 10.5 Å². The van der Waals surface area contributed by atoms with Crippen molar-refractivity contribution >= 4 is 17.7 Å². The Morgan fingerprint density at radius 2 is 1.50 bits per heavy atom. The number of likely N-dealkylation sites (tertiary alicyclic amines) is 1. The van der Waals surface area contributed by atoms with Gasteiger partial charge in [0.15, 0.2) is 0 Å².